The van der Waals surface area contributed by atoms with Crippen LogP contribution in [0.15, 0.2) is 0 Å². The fourth-order valence-electron chi connectivity index (χ4n) is 2.85. The monoisotopic (exact) mass is 271 g/mol. The first-order valence-corrected chi connectivity index (χ1v) is 6.99. The third-order valence-corrected chi connectivity index (χ3v) is 3.84. The molecule has 1 aliphatic heterocycles. The van der Waals surface area contributed by atoms with Gasteiger partial charge in [0, 0.05) is 0 Å². The quantitative estimate of drug-likeness (QED) is 0.612. The highest BCUT2D eigenvalue weighted by molar-refractivity contribution is 6.36. The Labute approximate surface area is 112 Å². The number of hydrogen-bond acceptors (Lipinski definition) is 5. The molecule has 1 fully saturated rings. The summed E-state index contributed by atoms with van der Waals surface area (Å²) in [5.74, 6) is -0.334. The van der Waals surface area contributed by atoms with Crippen LogP contribution in [-0.4, -0.2) is 40.5 Å². The second kappa shape index (κ2) is 6.23. The van der Waals surface area contributed by atoms with Crippen LogP contribution in [0.5, 0.6) is 0 Å². The minimum atomic E-state index is -1.18. The van der Waals surface area contributed by atoms with Gasteiger partial charge in [-0.05, 0) is 19.3 Å². The van der Waals surface area contributed by atoms with E-state index in [-0.39, 0.29) is 17.2 Å². The zero-order valence-corrected chi connectivity index (χ0v) is 11.2. The van der Waals surface area contributed by atoms with Gasteiger partial charge in [-0.3, -0.25) is 5.21 Å². The number of carbonyl (C=O) groups excluding carboxylic acids is 1. The molecular formula is C13H21NO5. The van der Waals surface area contributed by atoms with E-state index in [9.17, 15) is 15.1 Å². The molecule has 2 rings (SSSR count). The first-order valence-electron chi connectivity index (χ1n) is 6.99. The Hall–Kier alpha value is -1.30. The molecule has 1 N–H and O–H groups in total. The molecule has 1 saturated carbocycles. The van der Waals surface area contributed by atoms with Crippen molar-refractivity contribution in [2.45, 2.75) is 57.7 Å². The van der Waals surface area contributed by atoms with E-state index in [1.165, 1.54) is 19.3 Å². The van der Waals surface area contributed by atoms with Crippen molar-refractivity contribution in [2.75, 3.05) is 6.61 Å². The van der Waals surface area contributed by atoms with Crippen molar-refractivity contribution < 1.29 is 24.4 Å². The summed E-state index contributed by atoms with van der Waals surface area (Å²) in [6.07, 6.45) is 4.62. The molecule has 0 unspecified atom stereocenters. The lowest BCUT2D eigenvalue weighted by Gasteiger charge is -2.25. The highest BCUT2D eigenvalue weighted by atomic mass is 16.9. The van der Waals surface area contributed by atoms with Crippen molar-refractivity contribution in [1.82, 2.24) is 0 Å². The molecule has 2 atom stereocenters. The Morgan fingerprint density at radius 3 is 2.79 bits per heavy atom. The van der Waals surface area contributed by atoms with E-state index >= 15 is 0 Å². The Kier molecular flexibility index (Phi) is 4.63. The number of aliphatic hydroxyl groups excluding tert-OH is 1. The van der Waals surface area contributed by atoms with E-state index in [0.29, 0.717) is 12.3 Å². The lowest BCUT2D eigenvalue weighted by atomic mass is 9.84. The molecular weight excluding hydrogens is 250 g/mol. The van der Waals surface area contributed by atoms with Crippen molar-refractivity contribution in [2.24, 2.45) is 5.92 Å². The first-order chi connectivity index (χ1) is 9.13. The minimum absolute atomic E-state index is 0.121. The van der Waals surface area contributed by atoms with Gasteiger partial charge in [0.1, 0.15) is 6.10 Å². The lowest BCUT2D eigenvalue weighted by Crippen LogP contribution is -2.36. The Morgan fingerprint density at radius 1 is 1.47 bits per heavy atom. The molecule has 19 heavy (non-hydrogen) atoms. The largest absolute Gasteiger partial charge is 0.458 e. The van der Waals surface area contributed by atoms with Crippen LogP contribution in [0.1, 0.15) is 45.4 Å². The third-order valence-electron chi connectivity index (χ3n) is 3.84. The van der Waals surface area contributed by atoms with Crippen LogP contribution in [0.3, 0.4) is 0 Å². The maximum atomic E-state index is 11.6. The molecule has 6 nitrogen and oxygen atoms in total. The van der Waals surface area contributed by atoms with Crippen LogP contribution in [0.2, 0.25) is 0 Å². The van der Waals surface area contributed by atoms with E-state index < -0.39 is 18.2 Å². The van der Waals surface area contributed by atoms with Gasteiger partial charge in [-0.15, -0.1) is 0 Å². The van der Waals surface area contributed by atoms with Crippen molar-refractivity contribution >= 4 is 11.7 Å². The average Bonchev–Trinajstić information content (AvgIpc) is 2.66. The number of carbonyl (C=O) groups is 1. The van der Waals surface area contributed by atoms with Gasteiger partial charge in [-0.25, -0.2) is 4.79 Å². The predicted octanol–water partition coefficient (Wildman–Crippen LogP) is 1.15. The van der Waals surface area contributed by atoms with Gasteiger partial charge in [-0.1, -0.05) is 32.1 Å². The van der Waals surface area contributed by atoms with E-state index in [2.05, 4.69) is 0 Å². The Morgan fingerprint density at radius 2 is 2.16 bits per heavy atom. The van der Waals surface area contributed by atoms with Crippen LogP contribution in [0, 0.1) is 11.1 Å². The summed E-state index contributed by atoms with van der Waals surface area (Å²) in [4.78, 5) is 16.7. The van der Waals surface area contributed by atoms with Crippen LogP contribution in [0.4, 0.5) is 0 Å². The number of aliphatic hydroxyl groups is 1. The molecule has 0 aromatic carbocycles. The molecule has 108 valence electrons. The molecule has 0 aromatic heterocycles. The molecule has 0 amide bonds. The van der Waals surface area contributed by atoms with Gasteiger partial charge in [0.05, 0.1) is 11.5 Å². The number of nitrogens with zero attached hydrogens (tertiary/aromatic N) is 1. The molecule has 6 heteroatoms. The maximum absolute atomic E-state index is 11.6. The van der Waals surface area contributed by atoms with Gasteiger partial charge < -0.3 is 14.7 Å². The highest BCUT2D eigenvalue weighted by Gasteiger charge is 2.45. The standard InChI is InChI=1S/C13H21NO5/c1-2-18-13(16)11-12(15)10(19-14(11)17)8-9-6-4-3-5-7-9/h9-10,12,15H,2-8H2,1H3/t10-,12-/m0/s1. The van der Waals surface area contributed by atoms with Crippen LogP contribution in [-0.2, 0) is 14.4 Å². The Balaban J connectivity index is 1.94. The summed E-state index contributed by atoms with van der Waals surface area (Å²) < 4.78 is 4.75. The number of ether oxygens (including phenoxy) is 1. The minimum Gasteiger partial charge on any atom is -0.458 e. The molecule has 1 heterocycles. The first kappa shape index (κ1) is 14.1. The van der Waals surface area contributed by atoms with Crippen molar-refractivity contribution in [3.8, 4) is 0 Å². The van der Waals surface area contributed by atoms with Gasteiger partial charge in [0.25, 0.3) is 0 Å². The van der Waals surface area contributed by atoms with Crippen LogP contribution >= 0.6 is 0 Å². The Bertz CT molecular complexity index is 362. The number of rotatable bonds is 4. The number of esters is 1. The topological polar surface area (TPSA) is 81.8 Å². The average molecular weight is 271 g/mol. The summed E-state index contributed by atoms with van der Waals surface area (Å²) in [5, 5.41) is 21.6. The molecule has 0 radical (unpaired) electrons. The second-order valence-corrected chi connectivity index (χ2v) is 5.19. The van der Waals surface area contributed by atoms with E-state index in [1.54, 1.807) is 6.92 Å². The van der Waals surface area contributed by atoms with Crippen LogP contribution < -0.4 is 0 Å². The van der Waals surface area contributed by atoms with Gasteiger partial charge in [-0.2, -0.15) is 0 Å². The van der Waals surface area contributed by atoms with Gasteiger partial charge >= 0.3 is 11.7 Å². The summed E-state index contributed by atoms with van der Waals surface area (Å²) >= 11 is 0. The molecule has 0 spiro atoms. The molecule has 0 bridgehead atoms. The van der Waals surface area contributed by atoms with Crippen molar-refractivity contribution in [3.63, 3.8) is 0 Å². The predicted molar refractivity (Wildman–Crippen MR) is 67.3 cm³/mol. The highest BCUT2D eigenvalue weighted by Crippen LogP contribution is 2.30. The zero-order chi connectivity index (χ0) is 13.8. The summed E-state index contributed by atoms with van der Waals surface area (Å²) in [7, 11) is 0. The number of hydrogen-bond donors (Lipinski definition) is 1. The SMILES string of the molecule is CCOC(=O)C1=[N+]([O-])O[C@@H](CC2CCCCC2)[C@@H]1O. The second-order valence-electron chi connectivity index (χ2n) is 5.19. The molecule has 1 aliphatic carbocycles. The van der Waals surface area contributed by atoms with Crippen LogP contribution in [0.25, 0.3) is 0 Å². The lowest BCUT2D eigenvalue weighted by molar-refractivity contribution is -0.740. The maximum Gasteiger partial charge on any atom is 0.408 e. The van der Waals surface area contributed by atoms with E-state index in [1.807, 2.05) is 0 Å². The van der Waals surface area contributed by atoms with Crippen molar-refractivity contribution in [3.05, 3.63) is 5.21 Å². The van der Waals surface area contributed by atoms with Crippen molar-refractivity contribution in [1.29, 1.82) is 0 Å². The molecule has 0 aromatic rings. The molecule has 0 saturated heterocycles. The zero-order valence-electron chi connectivity index (χ0n) is 11.2. The van der Waals surface area contributed by atoms with E-state index in [4.69, 9.17) is 9.57 Å². The van der Waals surface area contributed by atoms with Gasteiger partial charge in [0.15, 0.2) is 6.10 Å². The van der Waals surface area contributed by atoms with Gasteiger partial charge in [0.2, 0.25) is 0 Å². The fraction of sp³-hybridized carbons (Fsp3) is 0.846. The third kappa shape index (κ3) is 3.18. The summed E-state index contributed by atoms with van der Waals surface area (Å²) in [6, 6.07) is 0. The summed E-state index contributed by atoms with van der Waals surface area (Å²) in [5.41, 5.74) is -0.331. The smallest absolute Gasteiger partial charge is 0.408 e. The van der Waals surface area contributed by atoms with E-state index in [0.717, 1.165) is 12.8 Å². The molecule has 2 aliphatic rings. The fourth-order valence-corrected chi connectivity index (χ4v) is 2.85. The summed E-state index contributed by atoms with van der Waals surface area (Å²) in [6.45, 7) is 1.81. The normalized spacial score (nSPS) is 28.3.